The van der Waals surface area contributed by atoms with Gasteiger partial charge in [-0.05, 0) is 0 Å². The molecule has 1 aliphatic rings. The summed E-state index contributed by atoms with van der Waals surface area (Å²) in [5.74, 6) is 0. The fraction of sp³-hybridized carbons (Fsp3) is 0.833. The summed E-state index contributed by atoms with van der Waals surface area (Å²) < 4.78 is 7.31. The number of aryl methyl sites for hydroxylation is 1. The third kappa shape index (κ3) is 3.76. The van der Waals surface area contributed by atoms with Crippen LogP contribution in [0.15, 0.2) is 6.20 Å². The van der Waals surface area contributed by atoms with Gasteiger partial charge in [0.1, 0.15) is 0 Å². The molecule has 2 heterocycles. The van der Waals surface area contributed by atoms with Crippen LogP contribution in [0.2, 0.25) is 0 Å². The highest BCUT2D eigenvalue weighted by Crippen LogP contribution is 2.10. The van der Waals surface area contributed by atoms with Crippen LogP contribution < -0.4 is 5.32 Å². The molecule has 1 saturated heterocycles. The molecular weight excluding hydrogens is 230 g/mol. The van der Waals surface area contributed by atoms with E-state index in [1.165, 1.54) is 0 Å². The van der Waals surface area contributed by atoms with Crippen molar-refractivity contribution in [3.05, 3.63) is 11.9 Å². The van der Waals surface area contributed by atoms with E-state index in [1.54, 1.807) is 4.68 Å². The van der Waals surface area contributed by atoms with E-state index in [1.807, 2.05) is 13.2 Å². The van der Waals surface area contributed by atoms with E-state index in [-0.39, 0.29) is 0 Å². The number of ether oxygens (including phenoxy) is 1. The summed E-state index contributed by atoms with van der Waals surface area (Å²) in [6, 6.07) is 0.924. The van der Waals surface area contributed by atoms with Crippen molar-refractivity contribution >= 4 is 0 Å². The number of aromatic nitrogens is 3. The van der Waals surface area contributed by atoms with Gasteiger partial charge >= 0.3 is 0 Å². The topological polar surface area (TPSA) is 55.2 Å². The van der Waals surface area contributed by atoms with Gasteiger partial charge < -0.3 is 10.1 Å². The fourth-order valence-corrected chi connectivity index (χ4v) is 2.13. The normalized spacial score (nSPS) is 21.7. The smallest absolute Gasteiger partial charge is 0.0967 e. The minimum Gasteiger partial charge on any atom is -0.378 e. The molecule has 0 bridgehead atoms. The Morgan fingerprint density at radius 1 is 1.56 bits per heavy atom. The van der Waals surface area contributed by atoms with Gasteiger partial charge in [-0.2, -0.15) is 0 Å². The second kappa shape index (κ2) is 6.26. The van der Waals surface area contributed by atoms with E-state index in [2.05, 4.69) is 34.4 Å². The van der Waals surface area contributed by atoms with Crippen molar-refractivity contribution in [2.45, 2.75) is 32.5 Å². The standard InChI is InChI=1S/C12H23N5O/c1-10(2)13-6-12-9-18-5-4-17(12)8-11-7-16(3)15-14-11/h7,10,12-13H,4-6,8-9H2,1-3H3. The molecule has 102 valence electrons. The van der Waals surface area contributed by atoms with Crippen LogP contribution in [0.5, 0.6) is 0 Å². The number of hydrogen-bond acceptors (Lipinski definition) is 5. The molecule has 1 unspecified atom stereocenters. The first-order valence-electron chi connectivity index (χ1n) is 6.55. The molecule has 1 aromatic rings. The van der Waals surface area contributed by atoms with Gasteiger partial charge in [0.2, 0.25) is 0 Å². The number of nitrogens with one attached hydrogen (secondary N) is 1. The third-order valence-corrected chi connectivity index (χ3v) is 3.13. The lowest BCUT2D eigenvalue weighted by molar-refractivity contribution is -0.0120. The first-order valence-corrected chi connectivity index (χ1v) is 6.55. The Labute approximate surface area is 108 Å². The average molecular weight is 253 g/mol. The van der Waals surface area contributed by atoms with Crippen molar-refractivity contribution in [2.75, 3.05) is 26.3 Å². The minimum atomic E-state index is 0.420. The van der Waals surface area contributed by atoms with Gasteiger partial charge in [0.15, 0.2) is 0 Å². The predicted molar refractivity (Wildman–Crippen MR) is 69.2 cm³/mol. The molecule has 0 aliphatic carbocycles. The quantitative estimate of drug-likeness (QED) is 0.801. The Bertz CT molecular complexity index is 365. The summed E-state index contributed by atoms with van der Waals surface area (Å²) in [5, 5.41) is 11.6. The maximum absolute atomic E-state index is 5.56. The van der Waals surface area contributed by atoms with Gasteiger partial charge in [-0.15, -0.1) is 5.10 Å². The Kier molecular flexibility index (Phi) is 4.68. The summed E-state index contributed by atoms with van der Waals surface area (Å²) >= 11 is 0. The molecule has 6 heteroatoms. The van der Waals surface area contributed by atoms with Crippen LogP contribution in [0.1, 0.15) is 19.5 Å². The summed E-state index contributed by atoms with van der Waals surface area (Å²) in [7, 11) is 1.90. The predicted octanol–water partition coefficient (Wildman–Crippen LogP) is 0.0139. The first-order chi connectivity index (χ1) is 8.65. The molecule has 18 heavy (non-hydrogen) atoms. The lowest BCUT2D eigenvalue weighted by Crippen LogP contribution is -2.50. The van der Waals surface area contributed by atoms with Crippen LogP contribution in [0, 0.1) is 0 Å². The second-order valence-corrected chi connectivity index (χ2v) is 5.15. The summed E-state index contributed by atoms with van der Waals surface area (Å²) in [6.07, 6.45) is 1.97. The first kappa shape index (κ1) is 13.5. The van der Waals surface area contributed by atoms with E-state index in [0.29, 0.717) is 12.1 Å². The number of nitrogens with zero attached hydrogens (tertiary/aromatic N) is 4. The van der Waals surface area contributed by atoms with Gasteiger partial charge in [0.25, 0.3) is 0 Å². The number of hydrogen-bond donors (Lipinski definition) is 1. The number of morpholine rings is 1. The highest BCUT2D eigenvalue weighted by Gasteiger charge is 2.23. The molecule has 0 spiro atoms. The van der Waals surface area contributed by atoms with Crippen LogP contribution in [0.25, 0.3) is 0 Å². The second-order valence-electron chi connectivity index (χ2n) is 5.15. The molecule has 1 atom stereocenters. The van der Waals surface area contributed by atoms with Crippen LogP contribution in [-0.2, 0) is 18.3 Å². The zero-order valence-electron chi connectivity index (χ0n) is 11.5. The molecule has 0 saturated carbocycles. The van der Waals surface area contributed by atoms with Gasteiger partial charge in [0, 0.05) is 45.0 Å². The third-order valence-electron chi connectivity index (χ3n) is 3.13. The average Bonchev–Trinajstić information content (AvgIpc) is 2.73. The largest absolute Gasteiger partial charge is 0.378 e. The van der Waals surface area contributed by atoms with Gasteiger partial charge in [-0.25, -0.2) is 0 Å². The van der Waals surface area contributed by atoms with E-state index in [9.17, 15) is 0 Å². The van der Waals surface area contributed by atoms with Crippen LogP contribution in [-0.4, -0.2) is 58.3 Å². The van der Waals surface area contributed by atoms with E-state index < -0.39 is 0 Å². The molecule has 1 N–H and O–H groups in total. The Balaban J connectivity index is 1.90. The van der Waals surface area contributed by atoms with Crippen molar-refractivity contribution in [2.24, 2.45) is 7.05 Å². The number of rotatable bonds is 5. The van der Waals surface area contributed by atoms with Crippen molar-refractivity contribution in [3.8, 4) is 0 Å². The van der Waals surface area contributed by atoms with E-state index in [0.717, 1.165) is 38.5 Å². The van der Waals surface area contributed by atoms with E-state index >= 15 is 0 Å². The molecule has 0 radical (unpaired) electrons. The lowest BCUT2D eigenvalue weighted by Gasteiger charge is -2.35. The monoisotopic (exact) mass is 253 g/mol. The lowest BCUT2D eigenvalue weighted by atomic mass is 10.2. The Hall–Kier alpha value is -0.980. The van der Waals surface area contributed by atoms with Crippen molar-refractivity contribution in [3.63, 3.8) is 0 Å². The van der Waals surface area contributed by atoms with Crippen LogP contribution >= 0.6 is 0 Å². The molecule has 6 nitrogen and oxygen atoms in total. The van der Waals surface area contributed by atoms with Gasteiger partial charge in [-0.3, -0.25) is 9.58 Å². The minimum absolute atomic E-state index is 0.420. The molecule has 1 fully saturated rings. The molecule has 0 aromatic carbocycles. The van der Waals surface area contributed by atoms with Crippen molar-refractivity contribution in [1.29, 1.82) is 0 Å². The Morgan fingerprint density at radius 3 is 3.06 bits per heavy atom. The van der Waals surface area contributed by atoms with Gasteiger partial charge in [-0.1, -0.05) is 19.1 Å². The van der Waals surface area contributed by atoms with Crippen LogP contribution in [0.3, 0.4) is 0 Å². The van der Waals surface area contributed by atoms with Crippen molar-refractivity contribution < 1.29 is 4.74 Å². The fourth-order valence-electron chi connectivity index (χ4n) is 2.13. The van der Waals surface area contributed by atoms with Crippen LogP contribution in [0.4, 0.5) is 0 Å². The SMILES string of the molecule is CC(C)NCC1COCCN1Cc1cn(C)nn1. The maximum Gasteiger partial charge on any atom is 0.0967 e. The zero-order valence-corrected chi connectivity index (χ0v) is 11.5. The van der Waals surface area contributed by atoms with Crippen molar-refractivity contribution in [1.82, 2.24) is 25.2 Å². The molecule has 2 rings (SSSR count). The molecular formula is C12H23N5O. The molecule has 1 aromatic heterocycles. The summed E-state index contributed by atoms with van der Waals surface area (Å²) in [6.45, 7) is 8.69. The highest BCUT2D eigenvalue weighted by atomic mass is 16.5. The molecule has 0 amide bonds. The summed E-state index contributed by atoms with van der Waals surface area (Å²) in [5.41, 5.74) is 1.02. The maximum atomic E-state index is 5.56. The zero-order chi connectivity index (χ0) is 13.0. The Morgan fingerprint density at radius 2 is 2.39 bits per heavy atom. The molecule has 1 aliphatic heterocycles. The summed E-state index contributed by atoms with van der Waals surface area (Å²) in [4.78, 5) is 2.42. The van der Waals surface area contributed by atoms with E-state index in [4.69, 9.17) is 4.74 Å². The van der Waals surface area contributed by atoms with Gasteiger partial charge in [0.05, 0.1) is 18.9 Å². The highest BCUT2D eigenvalue weighted by molar-refractivity contribution is 4.93.